The van der Waals surface area contributed by atoms with Crippen molar-refractivity contribution in [3.05, 3.63) is 35.4 Å². The van der Waals surface area contributed by atoms with Crippen LogP contribution in [-0.2, 0) is 11.2 Å². The first-order valence-corrected chi connectivity index (χ1v) is 5.17. The second-order valence-corrected chi connectivity index (χ2v) is 3.49. The Morgan fingerprint density at radius 3 is 2.65 bits per heavy atom. The molecule has 0 spiro atoms. The smallest absolute Gasteiger partial charge is 0.227 e. The standard InChI is InChI=1S/C12H12F2N2O/c1-2-16(6-5-15)12(17)8-9-3-4-10(13)11(14)7-9/h3-4,7H,2,6,8H2,1H3. The Morgan fingerprint density at radius 1 is 1.41 bits per heavy atom. The second-order valence-electron chi connectivity index (χ2n) is 3.49. The SMILES string of the molecule is CCN(CC#N)C(=O)Cc1ccc(F)c(F)c1. The summed E-state index contributed by atoms with van der Waals surface area (Å²) in [5.74, 6) is -2.19. The van der Waals surface area contributed by atoms with Crippen molar-refractivity contribution in [3.63, 3.8) is 0 Å². The van der Waals surface area contributed by atoms with Crippen LogP contribution in [0.2, 0.25) is 0 Å². The van der Waals surface area contributed by atoms with Crippen molar-refractivity contribution in [1.29, 1.82) is 5.26 Å². The van der Waals surface area contributed by atoms with E-state index in [1.807, 2.05) is 6.07 Å². The molecule has 1 amide bonds. The molecule has 0 saturated carbocycles. The van der Waals surface area contributed by atoms with Crippen molar-refractivity contribution in [2.45, 2.75) is 13.3 Å². The number of hydrogen-bond donors (Lipinski definition) is 0. The Balaban J connectivity index is 2.73. The lowest BCUT2D eigenvalue weighted by Crippen LogP contribution is -2.32. The van der Waals surface area contributed by atoms with Crippen molar-refractivity contribution in [3.8, 4) is 6.07 Å². The third-order valence-corrected chi connectivity index (χ3v) is 2.34. The number of benzene rings is 1. The van der Waals surface area contributed by atoms with Crippen LogP contribution >= 0.6 is 0 Å². The first-order chi connectivity index (χ1) is 8.08. The molecule has 0 bridgehead atoms. The average Bonchev–Trinajstić information content (AvgIpc) is 2.30. The molecule has 0 atom stereocenters. The van der Waals surface area contributed by atoms with E-state index in [1.165, 1.54) is 11.0 Å². The van der Waals surface area contributed by atoms with Gasteiger partial charge >= 0.3 is 0 Å². The second kappa shape index (κ2) is 5.94. The van der Waals surface area contributed by atoms with Crippen LogP contribution in [0, 0.1) is 23.0 Å². The van der Waals surface area contributed by atoms with Gasteiger partial charge in [-0.1, -0.05) is 6.07 Å². The van der Waals surface area contributed by atoms with Gasteiger partial charge in [0.05, 0.1) is 12.5 Å². The molecule has 1 aromatic carbocycles. The van der Waals surface area contributed by atoms with Gasteiger partial charge in [-0.3, -0.25) is 4.79 Å². The monoisotopic (exact) mass is 238 g/mol. The summed E-state index contributed by atoms with van der Waals surface area (Å²) in [4.78, 5) is 13.0. The average molecular weight is 238 g/mol. The molecule has 0 aromatic heterocycles. The molecule has 0 aliphatic rings. The zero-order valence-electron chi connectivity index (χ0n) is 9.41. The number of carbonyl (C=O) groups excluding carboxylic acids is 1. The van der Waals surface area contributed by atoms with Gasteiger partial charge < -0.3 is 4.90 Å². The summed E-state index contributed by atoms with van der Waals surface area (Å²) in [5, 5.41) is 8.51. The molecule has 1 rings (SSSR count). The third-order valence-electron chi connectivity index (χ3n) is 2.34. The van der Waals surface area contributed by atoms with E-state index in [-0.39, 0.29) is 18.9 Å². The topological polar surface area (TPSA) is 44.1 Å². The normalized spacial score (nSPS) is 9.76. The highest BCUT2D eigenvalue weighted by atomic mass is 19.2. The van der Waals surface area contributed by atoms with Crippen LogP contribution in [0.4, 0.5) is 8.78 Å². The van der Waals surface area contributed by atoms with Crippen LogP contribution in [0.1, 0.15) is 12.5 Å². The minimum Gasteiger partial charge on any atom is -0.329 e. The lowest BCUT2D eigenvalue weighted by atomic mass is 10.1. The summed E-state index contributed by atoms with van der Waals surface area (Å²) < 4.78 is 25.6. The van der Waals surface area contributed by atoms with Crippen molar-refractivity contribution < 1.29 is 13.6 Å². The van der Waals surface area contributed by atoms with Crippen LogP contribution in [0.5, 0.6) is 0 Å². The van der Waals surface area contributed by atoms with Gasteiger partial charge in [-0.15, -0.1) is 0 Å². The number of nitriles is 1. The molecule has 0 fully saturated rings. The highest BCUT2D eigenvalue weighted by Gasteiger charge is 2.12. The van der Waals surface area contributed by atoms with Crippen molar-refractivity contribution in [1.82, 2.24) is 4.90 Å². The van der Waals surface area contributed by atoms with Crippen LogP contribution in [0.15, 0.2) is 18.2 Å². The molecule has 0 heterocycles. The number of hydrogen-bond acceptors (Lipinski definition) is 2. The minimum absolute atomic E-state index is 0.000982. The fourth-order valence-electron chi connectivity index (χ4n) is 1.40. The van der Waals surface area contributed by atoms with Gasteiger partial charge in [-0.25, -0.2) is 8.78 Å². The molecule has 90 valence electrons. The number of amides is 1. The fourth-order valence-corrected chi connectivity index (χ4v) is 1.40. The molecule has 0 aliphatic heterocycles. The fraction of sp³-hybridized carbons (Fsp3) is 0.333. The van der Waals surface area contributed by atoms with Crippen molar-refractivity contribution in [2.75, 3.05) is 13.1 Å². The van der Waals surface area contributed by atoms with E-state index >= 15 is 0 Å². The highest BCUT2D eigenvalue weighted by Crippen LogP contribution is 2.10. The zero-order chi connectivity index (χ0) is 12.8. The van der Waals surface area contributed by atoms with E-state index in [1.54, 1.807) is 6.92 Å². The summed E-state index contributed by atoms with van der Waals surface area (Å²) in [7, 11) is 0. The number of rotatable bonds is 4. The van der Waals surface area contributed by atoms with Gasteiger partial charge in [0.2, 0.25) is 5.91 Å². The Kier molecular flexibility index (Phi) is 4.58. The molecular weight excluding hydrogens is 226 g/mol. The van der Waals surface area contributed by atoms with Crippen LogP contribution in [0.25, 0.3) is 0 Å². The number of carbonyl (C=O) groups is 1. The van der Waals surface area contributed by atoms with Crippen molar-refractivity contribution in [2.24, 2.45) is 0 Å². The van der Waals surface area contributed by atoms with Gasteiger partial charge in [0.15, 0.2) is 11.6 Å². The Labute approximate surface area is 98.3 Å². The van der Waals surface area contributed by atoms with Crippen molar-refractivity contribution >= 4 is 5.91 Å². The minimum atomic E-state index is -0.973. The molecule has 3 nitrogen and oxygen atoms in total. The lowest BCUT2D eigenvalue weighted by molar-refractivity contribution is -0.129. The van der Waals surface area contributed by atoms with E-state index in [4.69, 9.17) is 5.26 Å². The van der Waals surface area contributed by atoms with Crippen LogP contribution < -0.4 is 0 Å². The van der Waals surface area contributed by atoms with E-state index in [0.29, 0.717) is 12.1 Å². The van der Waals surface area contributed by atoms with Gasteiger partial charge in [-0.05, 0) is 24.6 Å². The number of nitrogens with zero attached hydrogens (tertiary/aromatic N) is 2. The van der Waals surface area contributed by atoms with Gasteiger partial charge in [0.25, 0.3) is 0 Å². The third kappa shape index (κ3) is 3.52. The predicted octanol–water partition coefficient (Wildman–Crippen LogP) is 1.88. The van der Waals surface area contributed by atoms with Gasteiger partial charge in [0, 0.05) is 6.54 Å². The Hall–Kier alpha value is -1.96. The Morgan fingerprint density at radius 2 is 2.12 bits per heavy atom. The largest absolute Gasteiger partial charge is 0.329 e. The van der Waals surface area contributed by atoms with E-state index < -0.39 is 11.6 Å². The lowest BCUT2D eigenvalue weighted by Gasteiger charge is -2.17. The molecule has 0 unspecified atom stereocenters. The maximum absolute atomic E-state index is 12.9. The first kappa shape index (κ1) is 13.1. The van der Waals surface area contributed by atoms with Crippen LogP contribution in [0.3, 0.4) is 0 Å². The van der Waals surface area contributed by atoms with E-state index in [9.17, 15) is 13.6 Å². The highest BCUT2D eigenvalue weighted by molar-refractivity contribution is 5.78. The molecule has 0 saturated heterocycles. The zero-order valence-corrected chi connectivity index (χ0v) is 9.41. The quantitative estimate of drug-likeness (QED) is 0.752. The molecule has 1 aromatic rings. The summed E-state index contributed by atoms with van der Waals surface area (Å²) in [6.45, 7) is 2.16. The summed E-state index contributed by atoms with van der Waals surface area (Å²) in [6.07, 6.45) is -0.0350. The molecular formula is C12H12F2N2O. The van der Waals surface area contributed by atoms with Gasteiger partial charge in [0.1, 0.15) is 6.54 Å². The molecule has 0 N–H and O–H groups in total. The summed E-state index contributed by atoms with van der Waals surface area (Å²) in [6, 6.07) is 5.21. The first-order valence-electron chi connectivity index (χ1n) is 5.17. The molecule has 0 aliphatic carbocycles. The Bertz CT molecular complexity index is 454. The molecule has 5 heteroatoms. The van der Waals surface area contributed by atoms with E-state index in [2.05, 4.69) is 0 Å². The molecule has 0 radical (unpaired) electrons. The van der Waals surface area contributed by atoms with E-state index in [0.717, 1.165) is 12.1 Å². The maximum atomic E-state index is 12.9. The summed E-state index contributed by atoms with van der Waals surface area (Å²) in [5.41, 5.74) is 0.394. The number of halogens is 2. The summed E-state index contributed by atoms with van der Waals surface area (Å²) >= 11 is 0. The van der Waals surface area contributed by atoms with Crippen LogP contribution in [-0.4, -0.2) is 23.9 Å². The maximum Gasteiger partial charge on any atom is 0.227 e. The molecule has 17 heavy (non-hydrogen) atoms. The number of likely N-dealkylation sites (N-methyl/N-ethyl adjacent to an activating group) is 1. The predicted molar refractivity (Wildman–Crippen MR) is 57.9 cm³/mol. The van der Waals surface area contributed by atoms with Gasteiger partial charge in [-0.2, -0.15) is 5.26 Å².